The highest BCUT2D eigenvalue weighted by Gasteiger charge is 2.45. The van der Waals surface area contributed by atoms with Gasteiger partial charge in [-0.2, -0.15) is 0 Å². The van der Waals surface area contributed by atoms with E-state index < -0.39 is 5.66 Å². The van der Waals surface area contributed by atoms with Crippen LogP contribution in [0.15, 0.2) is 41.4 Å². The number of unbranched alkanes of at least 4 members (excludes halogenated alkanes) is 1. The predicted molar refractivity (Wildman–Crippen MR) is 151 cm³/mol. The fourth-order valence-corrected chi connectivity index (χ4v) is 5.20. The van der Waals surface area contributed by atoms with Crippen LogP contribution in [-0.4, -0.2) is 75.8 Å². The van der Waals surface area contributed by atoms with E-state index in [2.05, 4.69) is 30.3 Å². The number of benzene rings is 2. The van der Waals surface area contributed by atoms with Crippen LogP contribution in [0, 0.1) is 0 Å². The quantitative estimate of drug-likeness (QED) is 0.410. The normalized spacial score (nSPS) is 20.8. The summed E-state index contributed by atoms with van der Waals surface area (Å²) in [6, 6.07) is 11.7. The molecule has 3 N–H and O–H groups in total. The number of hydrogen-bond acceptors (Lipinski definition) is 7. The molecule has 2 atom stereocenters. The van der Waals surface area contributed by atoms with Crippen molar-refractivity contribution < 1.29 is 19.0 Å². The Morgan fingerprint density at radius 3 is 2.63 bits per heavy atom. The lowest BCUT2D eigenvalue weighted by atomic mass is 9.75. The number of nitrogens with one attached hydrogen (secondary N) is 1. The Labute approximate surface area is 226 Å². The SMILES string of the molecule is CCCCOCCCNC(=O)c1ccc(C2=N[C@]3(N)CCN(C)C[C@@H]3c3cc(OCC)c(OC)cc32)cc1. The molecule has 0 aromatic heterocycles. The number of methoxy groups -OCH3 is 1. The molecule has 2 aliphatic rings. The van der Waals surface area contributed by atoms with Gasteiger partial charge in [-0.1, -0.05) is 25.5 Å². The predicted octanol–water partition coefficient (Wildman–Crippen LogP) is 3.96. The molecule has 0 radical (unpaired) electrons. The number of carbonyl (C=O) groups excluding carboxylic acids is 1. The average molecular weight is 523 g/mol. The molecule has 2 heterocycles. The van der Waals surface area contributed by atoms with Gasteiger partial charge in [0, 0.05) is 55.5 Å². The minimum atomic E-state index is -0.706. The lowest BCUT2D eigenvalue weighted by Crippen LogP contribution is -2.56. The van der Waals surface area contributed by atoms with Crippen molar-refractivity contribution in [2.24, 2.45) is 10.7 Å². The average Bonchev–Trinajstić information content (AvgIpc) is 2.92. The molecule has 8 nitrogen and oxygen atoms in total. The molecule has 0 bridgehead atoms. The zero-order chi connectivity index (χ0) is 27.1. The van der Waals surface area contributed by atoms with E-state index in [1.807, 2.05) is 37.3 Å². The van der Waals surface area contributed by atoms with E-state index in [0.29, 0.717) is 36.8 Å². The van der Waals surface area contributed by atoms with E-state index in [1.165, 1.54) is 0 Å². The van der Waals surface area contributed by atoms with Crippen molar-refractivity contribution in [1.82, 2.24) is 10.2 Å². The van der Waals surface area contributed by atoms with E-state index in [-0.39, 0.29) is 11.8 Å². The first kappa shape index (κ1) is 28.1. The number of aliphatic imine (C=N–C) groups is 1. The number of hydrogen-bond donors (Lipinski definition) is 2. The summed E-state index contributed by atoms with van der Waals surface area (Å²) >= 11 is 0. The maximum Gasteiger partial charge on any atom is 0.251 e. The van der Waals surface area contributed by atoms with Gasteiger partial charge >= 0.3 is 0 Å². The highest BCUT2D eigenvalue weighted by molar-refractivity contribution is 6.15. The largest absolute Gasteiger partial charge is 0.493 e. The number of amides is 1. The number of rotatable bonds is 12. The molecule has 38 heavy (non-hydrogen) atoms. The van der Waals surface area contributed by atoms with Crippen LogP contribution in [0.1, 0.15) is 72.5 Å². The third-order valence-electron chi connectivity index (χ3n) is 7.39. The Hall–Kier alpha value is -2.94. The van der Waals surface area contributed by atoms with E-state index in [4.69, 9.17) is 24.9 Å². The van der Waals surface area contributed by atoms with E-state index in [1.54, 1.807) is 7.11 Å². The molecule has 2 aromatic carbocycles. The zero-order valence-corrected chi connectivity index (χ0v) is 23.2. The van der Waals surface area contributed by atoms with Crippen molar-refractivity contribution in [1.29, 1.82) is 0 Å². The number of ether oxygens (including phenoxy) is 3. The molecule has 206 valence electrons. The number of fused-ring (bicyclic) bond motifs is 3. The maximum absolute atomic E-state index is 12.7. The standard InChI is InChI=1S/C30H42N4O4/c1-5-7-16-37-17-8-14-32-29(35)22-11-9-21(10-12-22)28-24-19-26(36-4)27(38-6-2)18-23(24)25-20-34(3)15-13-30(25,31)33-28/h9-12,18-19,25H,5-8,13-17,20,31H2,1-4H3,(H,32,35)/t25-,30-/m1/s1. The molecule has 0 unspecified atom stereocenters. The number of nitrogens with two attached hydrogens (primary N) is 1. The van der Waals surface area contributed by atoms with Crippen LogP contribution in [0.4, 0.5) is 0 Å². The molecule has 1 saturated heterocycles. The Balaban J connectivity index is 1.57. The van der Waals surface area contributed by atoms with Crippen molar-refractivity contribution in [3.8, 4) is 11.5 Å². The maximum atomic E-state index is 12.7. The minimum absolute atomic E-state index is 0.0427. The van der Waals surface area contributed by atoms with Crippen molar-refractivity contribution in [2.75, 3.05) is 53.6 Å². The smallest absolute Gasteiger partial charge is 0.251 e. The lowest BCUT2D eigenvalue weighted by molar-refractivity contribution is 0.0940. The molecule has 2 aliphatic heterocycles. The summed E-state index contributed by atoms with van der Waals surface area (Å²) in [6.07, 6.45) is 3.74. The van der Waals surface area contributed by atoms with Gasteiger partial charge in [0.05, 0.1) is 19.4 Å². The van der Waals surface area contributed by atoms with Gasteiger partial charge < -0.3 is 30.2 Å². The molecule has 8 heteroatoms. The molecular weight excluding hydrogens is 480 g/mol. The lowest BCUT2D eigenvalue weighted by Gasteiger charge is -2.46. The monoisotopic (exact) mass is 522 g/mol. The topological polar surface area (TPSA) is 98.4 Å². The summed E-state index contributed by atoms with van der Waals surface area (Å²) in [5.41, 5.74) is 10.7. The number of likely N-dealkylation sites (N-methyl/N-ethyl adjacent to an activating group) is 1. The third-order valence-corrected chi connectivity index (χ3v) is 7.39. The molecule has 1 fully saturated rings. The Morgan fingerprint density at radius 1 is 1.16 bits per heavy atom. The van der Waals surface area contributed by atoms with Gasteiger partial charge in [0.25, 0.3) is 5.91 Å². The van der Waals surface area contributed by atoms with Crippen LogP contribution < -0.4 is 20.5 Å². The Kier molecular flexibility index (Phi) is 9.41. The zero-order valence-electron chi connectivity index (χ0n) is 23.2. The van der Waals surface area contributed by atoms with Gasteiger partial charge in [-0.05, 0) is 63.1 Å². The highest BCUT2D eigenvalue weighted by atomic mass is 16.5. The third kappa shape index (κ3) is 6.20. The number of carbonyl (C=O) groups is 1. The molecule has 2 aromatic rings. The van der Waals surface area contributed by atoms with E-state index >= 15 is 0 Å². The van der Waals surface area contributed by atoms with Crippen molar-refractivity contribution in [2.45, 2.75) is 51.1 Å². The van der Waals surface area contributed by atoms with E-state index in [9.17, 15) is 4.79 Å². The number of nitrogens with zero attached hydrogens (tertiary/aromatic N) is 2. The fraction of sp³-hybridized carbons (Fsp3) is 0.533. The molecule has 4 rings (SSSR count). The highest BCUT2D eigenvalue weighted by Crippen LogP contribution is 2.45. The Bertz CT molecular complexity index is 1130. The van der Waals surface area contributed by atoms with Crippen molar-refractivity contribution >= 4 is 11.6 Å². The first-order valence-corrected chi connectivity index (χ1v) is 13.8. The van der Waals surface area contributed by atoms with Crippen LogP contribution in [0.25, 0.3) is 0 Å². The van der Waals surface area contributed by atoms with Gasteiger partial charge in [0.15, 0.2) is 11.5 Å². The first-order chi connectivity index (χ1) is 18.4. The second-order valence-electron chi connectivity index (χ2n) is 10.2. The summed E-state index contributed by atoms with van der Waals surface area (Å²) < 4.78 is 17.1. The summed E-state index contributed by atoms with van der Waals surface area (Å²) in [5, 5.41) is 2.98. The molecular formula is C30H42N4O4. The summed E-state index contributed by atoms with van der Waals surface area (Å²) in [4.78, 5) is 20.1. The Morgan fingerprint density at radius 2 is 1.92 bits per heavy atom. The summed E-state index contributed by atoms with van der Waals surface area (Å²) in [6.45, 7) is 8.38. The molecule has 1 amide bonds. The van der Waals surface area contributed by atoms with Gasteiger partial charge in [-0.15, -0.1) is 0 Å². The second-order valence-corrected chi connectivity index (χ2v) is 10.2. The van der Waals surface area contributed by atoms with Crippen LogP contribution in [0.5, 0.6) is 11.5 Å². The van der Waals surface area contributed by atoms with Gasteiger partial charge in [-0.25, -0.2) is 0 Å². The first-order valence-electron chi connectivity index (χ1n) is 13.8. The molecule has 0 aliphatic carbocycles. The number of likely N-dealkylation sites (tertiary alicyclic amines) is 1. The minimum Gasteiger partial charge on any atom is -0.493 e. The van der Waals surface area contributed by atoms with Crippen molar-refractivity contribution in [3.63, 3.8) is 0 Å². The fourth-order valence-electron chi connectivity index (χ4n) is 5.20. The molecule has 0 saturated carbocycles. The van der Waals surface area contributed by atoms with Gasteiger partial charge in [-0.3, -0.25) is 9.79 Å². The van der Waals surface area contributed by atoms with Crippen molar-refractivity contribution in [3.05, 3.63) is 58.7 Å². The van der Waals surface area contributed by atoms with Crippen LogP contribution in [0.2, 0.25) is 0 Å². The van der Waals surface area contributed by atoms with Crippen LogP contribution in [-0.2, 0) is 4.74 Å². The second kappa shape index (κ2) is 12.7. The van der Waals surface area contributed by atoms with Gasteiger partial charge in [0.1, 0.15) is 5.66 Å². The van der Waals surface area contributed by atoms with Crippen LogP contribution in [0.3, 0.4) is 0 Å². The number of piperidine rings is 1. The van der Waals surface area contributed by atoms with Crippen LogP contribution >= 0.6 is 0 Å². The molecule has 0 spiro atoms. The summed E-state index contributed by atoms with van der Waals surface area (Å²) in [5.74, 6) is 1.33. The van der Waals surface area contributed by atoms with E-state index in [0.717, 1.165) is 67.8 Å². The van der Waals surface area contributed by atoms with Gasteiger partial charge in [0.2, 0.25) is 0 Å². The summed E-state index contributed by atoms with van der Waals surface area (Å²) in [7, 11) is 3.77.